The fraction of sp³-hybridized carbons (Fsp3) is 0.346. The summed E-state index contributed by atoms with van der Waals surface area (Å²) in [6, 6.07) is 14.5. The van der Waals surface area contributed by atoms with Crippen LogP contribution in [-0.4, -0.2) is 32.3 Å². The SMILES string of the molecule is NCCCCCC(=O)c1c2nc(cc3ccc(cc4nc(cc5ccc1[nH]5)CC4)[nH]3)CC2. The van der Waals surface area contributed by atoms with Gasteiger partial charge in [0.05, 0.1) is 16.8 Å². The van der Waals surface area contributed by atoms with Crippen molar-refractivity contribution < 1.29 is 4.79 Å². The lowest BCUT2D eigenvalue weighted by Crippen LogP contribution is -2.05. The van der Waals surface area contributed by atoms with Crippen molar-refractivity contribution in [3.63, 3.8) is 0 Å². The van der Waals surface area contributed by atoms with Crippen LogP contribution >= 0.6 is 0 Å². The van der Waals surface area contributed by atoms with Crippen LogP contribution in [0, 0.1) is 0 Å². The van der Waals surface area contributed by atoms with Crippen LogP contribution in [-0.2, 0) is 25.7 Å². The van der Waals surface area contributed by atoms with Gasteiger partial charge in [-0.2, -0.15) is 0 Å². The van der Waals surface area contributed by atoms with Crippen LogP contribution in [0.4, 0.5) is 0 Å². The molecule has 0 aromatic carbocycles. The van der Waals surface area contributed by atoms with E-state index in [4.69, 9.17) is 15.7 Å². The summed E-state index contributed by atoms with van der Waals surface area (Å²) >= 11 is 0. The second-order valence-corrected chi connectivity index (χ2v) is 8.67. The minimum absolute atomic E-state index is 0.155. The number of rotatable bonds is 6. The maximum absolute atomic E-state index is 13.3. The highest BCUT2D eigenvalue weighted by Gasteiger charge is 2.18. The van der Waals surface area contributed by atoms with Gasteiger partial charge in [-0.25, -0.2) is 0 Å². The summed E-state index contributed by atoms with van der Waals surface area (Å²) in [5, 5.41) is 0. The lowest BCUT2D eigenvalue weighted by Gasteiger charge is -2.04. The first-order valence-electron chi connectivity index (χ1n) is 11.6. The van der Waals surface area contributed by atoms with Gasteiger partial charge in [0.1, 0.15) is 0 Å². The number of hydrogen-bond donors (Lipinski definition) is 3. The number of Topliss-reactive ketones (excluding diaryl/α,β-unsaturated/α-hetero) is 1. The van der Waals surface area contributed by atoms with Crippen LogP contribution in [0.1, 0.15) is 58.8 Å². The molecule has 3 aromatic rings. The molecular weight excluding hydrogens is 398 g/mol. The summed E-state index contributed by atoms with van der Waals surface area (Å²) in [6.07, 6.45) is 6.76. The molecule has 0 spiro atoms. The van der Waals surface area contributed by atoms with E-state index in [1.54, 1.807) is 0 Å². The first-order valence-corrected chi connectivity index (χ1v) is 11.6. The molecular formula is C26H29N5O. The van der Waals surface area contributed by atoms with Crippen molar-refractivity contribution in [2.75, 3.05) is 6.54 Å². The number of carbonyl (C=O) groups excluding carboxylic acids is 1. The van der Waals surface area contributed by atoms with Crippen molar-refractivity contribution in [2.45, 2.75) is 51.4 Å². The largest absolute Gasteiger partial charge is 0.355 e. The van der Waals surface area contributed by atoms with Crippen molar-refractivity contribution in [3.8, 4) is 0 Å². The molecule has 0 unspecified atom stereocenters. The van der Waals surface area contributed by atoms with E-state index in [-0.39, 0.29) is 5.78 Å². The van der Waals surface area contributed by atoms with Crippen LogP contribution < -0.4 is 5.73 Å². The summed E-state index contributed by atoms with van der Waals surface area (Å²) in [5.74, 6) is 0.155. The number of aryl methyl sites for hydroxylation is 4. The maximum Gasteiger partial charge on any atom is 0.166 e. The number of fused-ring (bicyclic) bond motifs is 8. The third-order valence-corrected chi connectivity index (χ3v) is 6.17. The minimum Gasteiger partial charge on any atom is -0.355 e. The monoisotopic (exact) mass is 427 g/mol. The zero-order chi connectivity index (χ0) is 21.9. The Hall–Kier alpha value is -3.25. The summed E-state index contributed by atoms with van der Waals surface area (Å²) in [7, 11) is 0. The Kier molecular flexibility index (Phi) is 5.86. The van der Waals surface area contributed by atoms with Gasteiger partial charge in [-0.3, -0.25) is 14.8 Å². The Morgan fingerprint density at radius 2 is 1.41 bits per heavy atom. The van der Waals surface area contributed by atoms with Gasteiger partial charge in [0.25, 0.3) is 0 Å². The number of hydrogen-bond acceptors (Lipinski definition) is 4. The number of aromatic amines is 2. The number of aromatic nitrogens is 4. The van der Waals surface area contributed by atoms with E-state index in [0.29, 0.717) is 13.0 Å². The number of unbranched alkanes of at least 4 members (excludes halogenated alkanes) is 2. The molecule has 2 aliphatic rings. The van der Waals surface area contributed by atoms with Gasteiger partial charge in [0.15, 0.2) is 5.78 Å². The standard InChI is InChI=1S/C26H29N5O/c27-13-3-1-2-4-25(32)26-23-11-9-21(30-23)15-19-7-5-17(28-19)14-18-6-8-20(29-18)16-22-10-12-24(26)31-22/h5,7,10,12,14-16,28,31H,1-4,6,8-9,11,13,27H2. The Labute approximate surface area is 187 Å². The summed E-state index contributed by atoms with van der Waals surface area (Å²) in [5.41, 5.74) is 14.2. The van der Waals surface area contributed by atoms with Gasteiger partial charge in [-0.05, 0) is 87.5 Å². The molecule has 2 aliphatic heterocycles. The van der Waals surface area contributed by atoms with Crippen molar-refractivity contribution in [1.82, 2.24) is 19.9 Å². The van der Waals surface area contributed by atoms with Gasteiger partial charge in [-0.1, -0.05) is 6.42 Å². The van der Waals surface area contributed by atoms with Crippen molar-refractivity contribution in [2.24, 2.45) is 5.73 Å². The third kappa shape index (κ3) is 4.50. The van der Waals surface area contributed by atoms with E-state index in [0.717, 1.165) is 95.4 Å². The van der Waals surface area contributed by atoms with E-state index in [9.17, 15) is 4.79 Å². The van der Waals surface area contributed by atoms with Crippen LogP contribution in [0.5, 0.6) is 0 Å². The molecule has 3 aromatic heterocycles. The number of ketones is 1. The van der Waals surface area contributed by atoms with Crippen molar-refractivity contribution in [1.29, 1.82) is 0 Å². The lowest BCUT2D eigenvalue weighted by molar-refractivity contribution is 0.0979. The van der Waals surface area contributed by atoms with Crippen molar-refractivity contribution >= 4 is 27.9 Å². The Balaban J connectivity index is 1.68. The number of nitrogens with two attached hydrogens (primary N) is 1. The zero-order valence-electron chi connectivity index (χ0n) is 18.3. The first-order chi connectivity index (χ1) is 15.7. The number of carbonyl (C=O) groups is 1. The zero-order valence-corrected chi connectivity index (χ0v) is 18.3. The second-order valence-electron chi connectivity index (χ2n) is 8.67. The molecule has 6 heteroatoms. The van der Waals surface area contributed by atoms with Crippen LogP contribution in [0.3, 0.4) is 0 Å². The van der Waals surface area contributed by atoms with Gasteiger partial charge in [-0.15, -0.1) is 0 Å². The number of H-pyrrole nitrogens is 2. The normalized spacial score (nSPS) is 13.4. The lowest BCUT2D eigenvalue weighted by atomic mass is 10.0. The predicted octanol–water partition coefficient (Wildman–Crippen LogP) is 4.59. The summed E-state index contributed by atoms with van der Waals surface area (Å²) < 4.78 is 0. The summed E-state index contributed by atoms with van der Waals surface area (Å²) in [4.78, 5) is 29.9. The Morgan fingerprint density at radius 3 is 2.12 bits per heavy atom. The van der Waals surface area contributed by atoms with E-state index in [2.05, 4.69) is 40.3 Å². The number of nitrogens with one attached hydrogen (secondary N) is 2. The highest BCUT2D eigenvalue weighted by atomic mass is 16.1. The molecule has 6 nitrogen and oxygen atoms in total. The van der Waals surface area contributed by atoms with Crippen molar-refractivity contribution in [3.05, 3.63) is 70.8 Å². The van der Waals surface area contributed by atoms with Crippen LogP contribution in [0.2, 0.25) is 0 Å². The quantitative estimate of drug-likeness (QED) is 0.396. The molecule has 32 heavy (non-hydrogen) atoms. The molecule has 0 saturated heterocycles. The van der Waals surface area contributed by atoms with E-state index in [1.807, 2.05) is 12.1 Å². The highest BCUT2D eigenvalue weighted by molar-refractivity contribution is 6.03. The van der Waals surface area contributed by atoms with E-state index in [1.165, 1.54) is 0 Å². The maximum atomic E-state index is 13.3. The Bertz CT molecular complexity index is 1300. The minimum atomic E-state index is 0.155. The van der Waals surface area contributed by atoms with Gasteiger partial charge in [0, 0.05) is 40.1 Å². The number of nitrogens with zero attached hydrogens (tertiary/aromatic N) is 2. The van der Waals surface area contributed by atoms with Gasteiger partial charge in [0.2, 0.25) is 0 Å². The van der Waals surface area contributed by atoms with Gasteiger partial charge >= 0.3 is 0 Å². The first kappa shape index (κ1) is 20.6. The molecule has 0 amide bonds. The van der Waals surface area contributed by atoms with Gasteiger partial charge < -0.3 is 15.7 Å². The average Bonchev–Trinajstić information content (AvgIpc) is 3.57. The topological polar surface area (TPSA) is 100 Å². The van der Waals surface area contributed by atoms with E-state index < -0.39 is 0 Å². The second kappa shape index (κ2) is 9.09. The van der Waals surface area contributed by atoms with Crippen LogP contribution in [0.15, 0.2) is 42.5 Å². The molecule has 5 rings (SSSR count). The fourth-order valence-corrected chi connectivity index (χ4v) is 4.55. The molecule has 8 bridgehead atoms. The predicted molar refractivity (Wildman–Crippen MR) is 128 cm³/mol. The summed E-state index contributed by atoms with van der Waals surface area (Å²) in [6.45, 7) is 0.669. The molecule has 0 radical (unpaired) electrons. The average molecular weight is 428 g/mol. The molecule has 5 heterocycles. The van der Waals surface area contributed by atoms with E-state index >= 15 is 0 Å². The Morgan fingerprint density at radius 1 is 0.781 bits per heavy atom. The molecule has 0 fully saturated rings. The highest BCUT2D eigenvalue weighted by Crippen LogP contribution is 2.22. The molecule has 0 aliphatic carbocycles. The van der Waals surface area contributed by atoms with Crippen LogP contribution in [0.25, 0.3) is 22.1 Å². The molecule has 164 valence electrons. The fourth-order valence-electron chi connectivity index (χ4n) is 4.55. The molecule has 0 saturated carbocycles. The molecule has 4 N–H and O–H groups in total. The third-order valence-electron chi connectivity index (χ3n) is 6.17. The molecule has 0 atom stereocenters. The smallest absolute Gasteiger partial charge is 0.166 e.